The number of ether oxygens (including phenoxy) is 1. The lowest BCUT2D eigenvalue weighted by molar-refractivity contribution is 0.262. The predicted octanol–water partition coefficient (Wildman–Crippen LogP) is 3.64. The normalized spacial score (nSPS) is 10.2. The van der Waals surface area contributed by atoms with Crippen LogP contribution in [0.5, 0.6) is 5.75 Å². The number of rotatable bonds is 5. The van der Waals surface area contributed by atoms with Gasteiger partial charge in [0.1, 0.15) is 18.2 Å². The van der Waals surface area contributed by atoms with Crippen molar-refractivity contribution in [2.24, 2.45) is 7.05 Å². The number of aryl methyl sites for hydroxylation is 1. The fourth-order valence-electron chi connectivity index (χ4n) is 2.15. The van der Waals surface area contributed by atoms with Gasteiger partial charge < -0.3 is 10.1 Å². The molecule has 24 heavy (non-hydrogen) atoms. The van der Waals surface area contributed by atoms with Crippen molar-refractivity contribution in [1.29, 1.82) is 0 Å². The first-order valence-electron chi connectivity index (χ1n) is 7.53. The standard InChI is InChI=1S/C18H18N4O2/c1-22-17(11-12-19-22)21-18(23)20-15-7-9-16(10-8-15)24-13-14-5-3-2-4-6-14/h2-12H,13H2,1H3,(H2,20,21,23). The summed E-state index contributed by atoms with van der Waals surface area (Å²) in [7, 11) is 1.76. The van der Waals surface area contributed by atoms with Crippen molar-refractivity contribution in [3.05, 3.63) is 72.4 Å². The van der Waals surface area contributed by atoms with Gasteiger partial charge in [0.2, 0.25) is 0 Å². The van der Waals surface area contributed by atoms with Crippen LogP contribution in [0.1, 0.15) is 5.56 Å². The molecule has 0 radical (unpaired) electrons. The summed E-state index contributed by atoms with van der Waals surface area (Å²) in [5.74, 6) is 1.37. The quantitative estimate of drug-likeness (QED) is 0.753. The molecule has 0 saturated carbocycles. The van der Waals surface area contributed by atoms with Crippen molar-refractivity contribution >= 4 is 17.5 Å². The van der Waals surface area contributed by atoms with Crippen LogP contribution in [0.3, 0.4) is 0 Å². The van der Waals surface area contributed by atoms with Crippen LogP contribution in [-0.4, -0.2) is 15.8 Å². The third kappa shape index (κ3) is 4.13. The average molecular weight is 322 g/mol. The molecule has 0 aliphatic carbocycles. The molecule has 1 aromatic heterocycles. The molecule has 0 aliphatic heterocycles. The largest absolute Gasteiger partial charge is 0.489 e. The molecule has 6 nitrogen and oxygen atoms in total. The highest BCUT2D eigenvalue weighted by Crippen LogP contribution is 2.17. The molecule has 6 heteroatoms. The first kappa shape index (κ1) is 15.6. The summed E-state index contributed by atoms with van der Waals surface area (Å²) in [6.45, 7) is 0.509. The second-order valence-corrected chi connectivity index (χ2v) is 5.22. The van der Waals surface area contributed by atoms with E-state index in [-0.39, 0.29) is 6.03 Å². The van der Waals surface area contributed by atoms with E-state index in [1.807, 2.05) is 42.5 Å². The van der Waals surface area contributed by atoms with Gasteiger partial charge in [0.05, 0.1) is 6.20 Å². The molecule has 2 aromatic carbocycles. The summed E-state index contributed by atoms with van der Waals surface area (Å²) in [6.07, 6.45) is 1.62. The van der Waals surface area contributed by atoms with E-state index in [9.17, 15) is 4.79 Å². The van der Waals surface area contributed by atoms with Gasteiger partial charge in [0, 0.05) is 18.8 Å². The Bertz CT molecular complexity index is 797. The van der Waals surface area contributed by atoms with Crippen molar-refractivity contribution in [3.63, 3.8) is 0 Å². The van der Waals surface area contributed by atoms with Crippen molar-refractivity contribution < 1.29 is 9.53 Å². The molecule has 3 aromatic rings. The second kappa shape index (κ2) is 7.32. The maximum absolute atomic E-state index is 11.9. The van der Waals surface area contributed by atoms with E-state index in [1.54, 1.807) is 36.1 Å². The molecular formula is C18H18N4O2. The van der Waals surface area contributed by atoms with Crippen LogP contribution in [0.4, 0.5) is 16.3 Å². The third-order valence-corrected chi connectivity index (χ3v) is 3.42. The molecule has 2 N–H and O–H groups in total. The molecule has 0 aliphatic rings. The summed E-state index contributed by atoms with van der Waals surface area (Å²) in [5.41, 5.74) is 1.79. The van der Waals surface area contributed by atoms with Crippen molar-refractivity contribution in [1.82, 2.24) is 9.78 Å². The number of carbonyl (C=O) groups is 1. The maximum Gasteiger partial charge on any atom is 0.324 e. The van der Waals surface area contributed by atoms with Crippen LogP contribution in [0.15, 0.2) is 66.9 Å². The average Bonchev–Trinajstić information content (AvgIpc) is 3.00. The molecule has 0 spiro atoms. The predicted molar refractivity (Wildman–Crippen MR) is 93.1 cm³/mol. The summed E-state index contributed by atoms with van der Waals surface area (Å²) in [6, 6.07) is 18.6. The number of hydrogen-bond acceptors (Lipinski definition) is 3. The number of benzene rings is 2. The minimum Gasteiger partial charge on any atom is -0.489 e. The zero-order valence-corrected chi connectivity index (χ0v) is 13.3. The number of carbonyl (C=O) groups excluding carboxylic acids is 1. The fraction of sp³-hybridized carbons (Fsp3) is 0.111. The van der Waals surface area contributed by atoms with E-state index in [1.165, 1.54) is 0 Å². The Hall–Kier alpha value is -3.28. The van der Waals surface area contributed by atoms with Crippen molar-refractivity contribution in [3.8, 4) is 5.75 Å². The topological polar surface area (TPSA) is 68.2 Å². The third-order valence-electron chi connectivity index (χ3n) is 3.42. The van der Waals surface area contributed by atoms with E-state index < -0.39 is 0 Å². The molecule has 122 valence electrons. The number of hydrogen-bond donors (Lipinski definition) is 2. The Kier molecular flexibility index (Phi) is 4.76. The van der Waals surface area contributed by atoms with Crippen molar-refractivity contribution in [2.75, 3.05) is 10.6 Å². The SMILES string of the molecule is Cn1nccc1NC(=O)Nc1ccc(OCc2ccccc2)cc1. The van der Waals surface area contributed by atoms with Gasteiger partial charge in [-0.2, -0.15) is 5.10 Å². The maximum atomic E-state index is 11.9. The van der Waals surface area contributed by atoms with Crippen LogP contribution in [-0.2, 0) is 13.7 Å². The molecule has 0 bridgehead atoms. The second-order valence-electron chi connectivity index (χ2n) is 5.22. The molecule has 3 rings (SSSR count). The Morgan fingerprint density at radius 2 is 1.79 bits per heavy atom. The monoisotopic (exact) mass is 322 g/mol. The van der Waals surface area contributed by atoms with Crippen LogP contribution in [0.25, 0.3) is 0 Å². The van der Waals surface area contributed by atoms with Gasteiger partial charge >= 0.3 is 6.03 Å². The molecule has 2 amide bonds. The van der Waals surface area contributed by atoms with E-state index in [4.69, 9.17) is 4.74 Å². The van der Waals surface area contributed by atoms with Crippen molar-refractivity contribution in [2.45, 2.75) is 6.61 Å². The number of nitrogens with one attached hydrogen (secondary N) is 2. The lowest BCUT2D eigenvalue weighted by atomic mass is 10.2. The highest BCUT2D eigenvalue weighted by molar-refractivity contribution is 5.99. The van der Waals surface area contributed by atoms with Crippen LogP contribution < -0.4 is 15.4 Å². The van der Waals surface area contributed by atoms with Gasteiger partial charge in [-0.05, 0) is 29.8 Å². The number of anilines is 2. The van der Waals surface area contributed by atoms with Crippen LogP contribution in [0.2, 0.25) is 0 Å². The van der Waals surface area contributed by atoms with Gasteiger partial charge in [-0.3, -0.25) is 10.00 Å². The van der Waals surface area contributed by atoms with E-state index >= 15 is 0 Å². The summed E-state index contributed by atoms with van der Waals surface area (Å²) in [4.78, 5) is 11.9. The highest BCUT2D eigenvalue weighted by Gasteiger charge is 2.05. The summed E-state index contributed by atoms with van der Waals surface area (Å²) >= 11 is 0. The zero-order chi connectivity index (χ0) is 16.8. The van der Waals surface area contributed by atoms with E-state index in [0.29, 0.717) is 18.1 Å². The molecule has 1 heterocycles. The van der Waals surface area contributed by atoms with Gasteiger partial charge in [0.15, 0.2) is 0 Å². The Balaban J connectivity index is 1.52. The number of amides is 2. The first-order chi connectivity index (χ1) is 11.7. The Labute approximate surface area is 140 Å². The molecule has 0 unspecified atom stereocenters. The Morgan fingerprint density at radius 3 is 2.46 bits per heavy atom. The minimum absolute atomic E-state index is 0.323. The smallest absolute Gasteiger partial charge is 0.324 e. The lowest BCUT2D eigenvalue weighted by Crippen LogP contribution is -2.20. The van der Waals surface area contributed by atoms with Crippen LogP contribution in [0, 0.1) is 0 Å². The Morgan fingerprint density at radius 1 is 1.04 bits per heavy atom. The first-order valence-corrected chi connectivity index (χ1v) is 7.53. The molecule has 0 atom stereocenters. The lowest BCUT2D eigenvalue weighted by Gasteiger charge is -2.09. The fourth-order valence-corrected chi connectivity index (χ4v) is 2.15. The summed E-state index contributed by atoms with van der Waals surface area (Å²) in [5, 5.41) is 9.47. The number of urea groups is 1. The number of nitrogens with zero attached hydrogens (tertiary/aromatic N) is 2. The zero-order valence-electron chi connectivity index (χ0n) is 13.3. The van der Waals surface area contributed by atoms with Gasteiger partial charge in [-0.25, -0.2) is 4.79 Å². The van der Waals surface area contributed by atoms with Gasteiger partial charge in [-0.1, -0.05) is 30.3 Å². The summed E-state index contributed by atoms with van der Waals surface area (Å²) < 4.78 is 7.30. The molecule has 0 fully saturated rings. The molecular weight excluding hydrogens is 304 g/mol. The van der Waals surface area contributed by atoms with E-state index in [0.717, 1.165) is 11.3 Å². The van der Waals surface area contributed by atoms with Gasteiger partial charge in [-0.15, -0.1) is 0 Å². The van der Waals surface area contributed by atoms with E-state index in [2.05, 4.69) is 15.7 Å². The highest BCUT2D eigenvalue weighted by atomic mass is 16.5. The van der Waals surface area contributed by atoms with Crippen LogP contribution >= 0.6 is 0 Å². The minimum atomic E-state index is -0.323. The number of aromatic nitrogens is 2. The van der Waals surface area contributed by atoms with Gasteiger partial charge in [0.25, 0.3) is 0 Å². The molecule has 0 saturated heterocycles.